The van der Waals surface area contributed by atoms with Crippen LogP contribution in [0, 0.1) is 0 Å². The Labute approximate surface area is 145 Å². The van der Waals surface area contributed by atoms with E-state index in [1.165, 1.54) is 6.92 Å². The molecule has 3 nitrogen and oxygen atoms in total. The Kier molecular flexibility index (Phi) is 6.88. The molecule has 0 aromatic heterocycles. The van der Waals surface area contributed by atoms with Gasteiger partial charge in [-0.2, -0.15) is 0 Å². The molecule has 2 rings (SSSR count). The number of benzene rings is 2. The highest BCUT2D eigenvalue weighted by Crippen LogP contribution is 2.21. The van der Waals surface area contributed by atoms with Crippen LogP contribution in [0.5, 0.6) is 11.5 Å². The van der Waals surface area contributed by atoms with Gasteiger partial charge in [-0.1, -0.05) is 46.3 Å². The largest absolute Gasteiger partial charge is 0.494 e. The Balaban J connectivity index is 2.06. The van der Waals surface area contributed by atoms with Gasteiger partial charge in [0.2, 0.25) is 0 Å². The Hall–Kier alpha value is -2.07. The number of carbonyl (C=O) groups excluding carboxylic acids is 1. The maximum absolute atomic E-state index is 11.8. The number of hydrogen-bond donors (Lipinski definition) is 0. The van der Waals surface area contributed by atoms with Crippen LogP contribution in [0.1, 0.15) is 18.9 Å². The van der Waals surface area contributed by atoms with Crippen LogP contribution in [-0.4, -0.2) is 17.7 Å². The second kappa shape index (κ2) is 9.16. The molecule has 0 atom stereocenters. The number of Topliss-reactive ketones (excluding diaryl/α,β-unsaturated/α-hetero) is 1. The minimum atomic E-state index is -0.119. The van der Waals surface area contributed by atoms with Crippen LogP contribution >= 0.6 is 15.9 Å². The van der Waals surface area contributed by atoms with E-state index < -0.39 is 0 Å². The smallest absolute Gasteiger partial charge is 0.194 e. The molecular formula is C19H19BrO3. The molecule has 2 aromatic carbocycles. The number of carbonyl (C=O) groups is 1. The molecule has 0 heterocycles. The number of alkyl halides is 1. The first-order valence-corrected chi connectivity index (χ1v) is 8.55. The lowest BCUT2D eigenvalue weighted by atomic mass is 10.2. The van der Waals surface area contributed by atoms with Gasteiger partial charge in [-0.3, -0.25) is 4.79 Å². The number of allylic oxidation sites excluding steroid dienone is 1. The predicted molar refractivity (Wildman–Crippen MR) is 96.1 cm³/mol. The van der Waals surface area contributed by atoms with Crippen molar-refractivity contribution in [3.63, 3.8) is 0 Å². The average Bonchev–Trinajstić information content (AvgIpc) is 2.57. The molecule has 2 aromatic rings. The van der Waals surface area contributed by atoms with Gasteiger partial charge in [-0.25, -0.2) is 0 Å². The van der Waals surface area contributed by atoms with Crippen molar-refractivity contribution in [1.29, 1.82) is 0 Å². The molecule has 0 bridgehead atoms. The number of rotatable bonds is 8. The molecule has 0 aliphatic heterocycles. The zero-order valence-electron chi connectivity index (χ0n) is 13.0. The fraction of sp³-hybridized carbons (Fsp3) is 0.211. The van der Waals surface area contributed by atoms with Crippen molar-refractivity contribution in [2.45, 2.75) is 13.3 Å². The maximum atomic E-state index is 11.8. The van der Waals surface area contributed by atoms with Gasteiger partial charge >= 0.3 is 0 Å². The lowest BCUT2D eigenvalue weighted by Gasteiger charge is -2.09. The van der Waals surface area contributed by atoms with Crippen molar-refractivity contribution in [2.24, 2.45) is 0 Å². The van der Waals surface area contributed by atoms with Gasteiger partial charge in [-0.15, -0.1) is 0 Å². The second-order valence-corrected chi connectivity index (χ2v) is 5.73. The summed E-state index contributed by atoms with van der Waals surface area (Å²) >= 11 is 3.36. The van der Waals surface area contributed by atoms with E-state index in [0.29, 0.717) is 18.1 Å². The van der Waals surface area contributed by atoms with Gasteiger partial charge < -0.3 is 9.47 Å². The fourth-order valence-electron chi connectivity index (χ4n) is 1.88. The van der Waals surface area contributed by atoms with E-state index in [4.69, 9.17) is 9.47 Å². The molecule has 0 saturated carbocycles. The average molecular weight is 375 g/mol. The van der Waals surface area contributed by atoms with E-state index in [1.807, 2.05) is 42.5 Å². The lowest BCUT2D eigenvalue weighted by Crippen LogP contribution is -2.05. The van der Waals surface area contributed by atoms with E-state index in [2.05, 4.69) is 15.9 Å². The summed E-state index contributed by atoms with van der Waals surface area (Å²) < 4.78 is 11.3. The van der Waals surface area contributed by atoms with E-state index >= 15 is 0 Å². The minimum absolute atomic E-state index is 0.119. The topological polar surface area (TPSA) is 35.5 Å². The quantitative estimate of drug-likeness (QED) is 0.286. The fourth-order valence-corrected chi connectivity index (χ4v) is 2.11. The van der Waals surface area contributed by atoms with Gasteiger partial charge in [0, 0.05) is 12.3 Å². The Morgan fingerprint density at radius 2 is 1.70 bits per heavy atom. The van der Waals surface area contributed by atoms with E-state index in [0.717, 1.165) is 23.1 Å². The molecule has 0 aliphatic carbocycles. The zero-order valence-corrected chi connectivity index (χ0v) is 14.6. The molecule has 0 N–H and O–H groups in total. The van der Waals surface area contributed by atoms with Crippen molar-refractivity contribution in [2.75, 3.05) is 11.9 Å². The molecule has 4 heteroatoms. The third-order valence-corrected chi connectivity index (χ3v) is 3.60. The molecule has 0 aliphatic rings. The normalized spacial score (nSPS) is 11.1. The summed E-state index contributed by atoms with van der Waals surface area (Å²) in [5.74, 6) is 1.58. The van der Waals surface area contributed by atoms with Gasteiger partial charge in [-0.05, 0) is 42.3 Å². The standard InChI is InChI=1S/C19H19BrO3/c1-15(21)19(14-16-6-3-2-4-7-16)23-18-10-8-17(9-11-18)22-13-5-12-20/h2-4,6-11,14H,5,12-13H2,1H3/b19-14+. The van der Waals surface area contributed by atoms with Crippen LogP contribution < -0.4 is 9.47 Å². The molecular weight excluding hydrogens is 356 g/mol. The molecule has 23 heavy (non-hydrogen) atoms. The Bertz CT molecular complexity index is 648. The van der Waals surface area contributed by atoms with Gasteiger partial charge in [0.1, 0.15) is 11.5 Å². The highest BCUT2D eigenvalue weighted by atomic mass is 79.9. The summed E-state index contributed by atoms with van der Waals surface area (Å²) in [5, 5.41) is 0.917. The number of halogens is 1. The van der Waals surface area contributed by atoms with Gasteiger partial charge in [0.25, 0.3) is 0 Å². The predicted octanol–water partition coefficient (Wildman–Crippen LogP) is 4.86. The first-order valence-electron chi connectivity index (χ1n) is 7.43. The summed E-state index contributed by atoms with van der Waals surface area (Å²) in [6.45, 7) is 2.16. The van der Waals surface area contributed by atoms with E-state index in [-0.39, 0.29) is 5.78 Å². The van der Waals surface area contributed by atoms with Crippen molar-refractivity contribution in [3.05, 3.63) is 65.9 Å². The van der Waals surface area contributed by atoms with Crippen LogP contribution in [0.3, 0.4) is 0 Å². The van der Waals surface area contributed by atoms with Crippen molar-refractivity contribution in [1.82, 2.24) is 0 Å². The Morgan fingerprint density at radius 3 is 2.30 bits per heavy atom. The summed E-state index contributed by atoms with van der Waals surface area (Å²) in [6, 6.07) is 16.9. The van der Waals surface area contributed by atoms with Crippen LogP contribution in [-0.2, 0) is 4.79 Å². The molecule has 0 saturated heterocycles. The third kappa shape index (κ3) is 5.91. The molecule has 0 spiro atoms. The SMILES string of the molecule is CC(=O)/C(=C\c1ccccc1)Oc1ccc(OCCCBr)cc1. The van der Waals surface area contributed by atoms with Crippen molar-refractivity contribution >= 4 is 27.8 Å². The van der Waals surface area contributed by atoms with Crippen molar-refractivity contribution in [3.8, 4) is 11.5 Å². The van der Waals surface area contributed by atoms with E-state index in [1.54, 1.807) is 18.2 Å². The van der Waals surface area contributed by atoms with Crippen LogP contribution in [0.25, 0.3) is 6.08 Å². The minimum Gasteiger partial charge on any atom is -0.494 e. The first kappa shape index (κ1) is 17.3. The molecule has 0 radical (unpaired) electrons. The monoisotopic (exact) mass is 374 g/mol. The number of ether oxygens (including phenoxy) is 2. The second-order valence-electron chi connectivity index (χ2n) is 4.94. The third-order valence-electron chi connectivity index (χ3n) is 3.04. The molecule has 0 amide bonds. The maximum Gasteiger partial charge on any atom is 0.194 e. The number of ketones is 1. The summed E-state index contributed by atoms with van der Waals surface area (Å²) in [5.41, 5.74) is 0.924. The summed E-state index contributed by atoms with van der Waals surface area (Å²) in [7, 11) is 0. The van der Waals surface area contributed by atoms with Crippen LogP contribution in [0.15, 0.2) is 60.4 Å². The summed E-state index contributed by atoms with van der Waals surface area (Å²) in [4.78, 5) is 11.8. The molecule has 0 fully saturated rings. The van der Waals surface area contributed by atoms with Crippen LogP contribution in [0.4, 0.5) is 0 Å². The highest BCUT2D eigenvalue weighted by molar-refractivity contribution is 9.09. The van der Waals surface area contributed by atoms with Crippen molar-refractivity contribution < 1.29 is 14.3 Å². The lowest BCUT2D eigenvalue weighted by molar-refractivity contribution is -0.115. The van der Waals surface area contributed by atoms with Gasteiger partial charge in [0.15, 0.2) is 11.5 Å². The molecule has 120 valence electrons. The number of hydrogen-bond acceptors (Lipinski definition) is 3. The summed E-state index contributed by atoms with van der Waals surface area (Å²) in [6.07, 6.45) is 2.69. The molecule has 0 unspecified atom stereocenters. The highest BCUT2D eigenvalue weighted by Gasteiger charge is 2.07. The first-order chi connectivity index (χ1) is 11.2. The van der Waals surface area contributed by atoms with Crippen LogP contribution in [0.2, 0.25) is 0 Å². The zero-order chi connectivity index (χ0) is 16.5. The van der Waals surface area contributed by atoms with Gasteiger partial charge in [0.05, 0.1) is 6.61 Å². The Morgan fingerprint density at radius 1 is 1.04 bits per heavy atom. The van der Waals surface area contributed by atoms with E-state index in [9.17, 15) is 4.79 Å².